The highest BCUT2D eigenvalue weighted by atomic mass is 16.2. The van der Waals surface area contributed by atoms with Gasteiger partial charge in [0, 0.05) is 6.54 Å². The Morgan fingerprint density at radius 3 is 2.38 bits per heavy atom. The molecular weight excluding hydrogens is 496 g/mol. The second kappa shape index (κ2) is 11.5. The molecule has 2 unspecified atom stereocenters. The van der Waals surface area contributed by atoms with Gasteiger partial charge in [0.2, 0.25) is 5.91 Å². The number of hydrogen-bond donors (Lipinski definition) is 2. The van der Waals surface area contributed by atoms with E-state index in [1.807, 2.05) is 55.5 Å². The summed E-state index contributed by atoms with van der Waals surface area (Å²) in [7, 11) is 4.08. The molecule has 1 fully saturated rings. The summed E-state index contributed by atoms with van der Waals surface area (Å²) in [4.78, 5) is 29.9. The summed E-state index contributed by atoms with van der Waals surface area (Å²) in [5, 5.41) is 3.64. The van der Waals surface area contributed by atoms with E-state index in [9.17, 15) is 4.79 Å². The van der Waals surface area contributed by atoms with E-state index in [1.54, 1.807) is 0 Å². The molecular formula is C33H36N6O. The number of aromatic amines is 1. The van der Waals surface area contributed by atoms with Crippen LogP contribution in [0, 0.1) is 0 Å². The van der Waals surface area contributed by atoms with Crippen LogP contribution >= 0.6 is 0 Å². The van der Waals surface area contributed by atoms with Crippen molar-refractivity contribution in [3.05, 3.63) is 102 Å². The first kappa shape index (κ1) is 26.0. The molecule has 7 nitrogen and oxygen atoms in total. The minimum Gasteiger partial charge on any atom is -0.363 e. The molecule has 2 aliphatic rings. The lowest BCUT2D eigenvalue weighted by atomic mass is 9.99. The number of imidazole rings is 1. The van der Waals surface area contributed by atoms with E-state index >= 15 is 0 Å². The Balaban J connectivity index is 1.07. The van der Waals surface area contributed by atoms with Gasteiger partial charge in [0.25, 0.3) is 0 Å². The number of hydrogen-bond acceptors (Lipinski definition) is 5. The average molecular weight is 533 g/mol. The molecule has 2 N–H and O–H groups in total. The second-order valence-electron chi connectivity index (χ2n) is 11.0. The molecule has 0 radical (unpaired) electrons. The predicted octanol–water partition coefficient (Wildman–Crippen LogP) is 5.08. The number of carbonyl (C=O) groups excluding carboxylic acids is 1. The fourth-order valence-electron chi connectivity index (χ4n) is 5.71. The van der Waals surface area contributed by atoms with Gasteiger partial charge in [-0.3, -0.25) is 9.79 Å². The van der Waals surface area contributed by atoms with Gasteiger partial charge in [-0.2, -0.15) is 0 Å². The first-order valence-corrected chi connectivity index (χ1v) is 14.1. The van der Waals surface area contributed by atoms with Gasteiger partial charge in [0.1, 0.15) is 11.7 Å². The quantitative estimate of drug-likeness (QED) is 0.332. The lowest BCUT2D eigenvalue weighted by molar-refractivity contribution is -0.130. The van der Waals surface area contributed by atoms with Gasteiger partial charge in [-0.1, -0.05) is 78.9 Å². The Morgan fingerprint density at radius 2 is 1.65 bits per heavy atom. The molecule has 7 heteroatoms. The molecule has 3 heterocycles. The molecule has 6 rings (SSSR count). The van der Waals surface area contributed by atoms with Gasteiger partial charge in [0.15, 0.2) is 0 Å². The number of likely N-dealkylation sites (tertiary alicyclic amines) is 1. The minimum absolute atomic E-state index is 0.0489. The first-order chi connectivity index (χ1) is 19.5. The van der Waals surface area contributed by atoms with Crippen LogP contribution in [0.4, 0.5) is 0 Å². The Kier molecular flexibility index (Phi) is 7.47. The summed E-state index contributed by atoms with van der Waals surface area (Å²) in [5.41, 5.74) is 6.79. The molecule has 1 aromatic heterocycles. The van der Waals surface area contributed by atoms with Crippen LogP contribution in [0.2, 0.25) is 0 Å². The van der Waals surface area contributed by atoms with Crippen LogP contribution in [0.25, 0.3) is 22.4 Å². The number of amides is 1. The maximum Gasteiger partial charge on any atom is 0.227 e. The molecule has 2 atom stereocenters. The van der Waals surface area contributed by atoms with E-state index in [2.05, 4.69) is 68.7 Å². The molecule has 1 amide bonds. The molecule has 1 saturated heterocycles. The summed E-state index contributed by atoms with van der Waals surface area (Å²) >= 11 is 0. The molecule has 40 heavy (non-hydrogen) atoms. The highest BCUT2D eigenvalue weighted by molar-refractivity contribution is 5.93. The third kappa shape index (κ3) is 5.70. The van der Waals surface area contributed by atoms with Gasteiger partial charge >= 0.3 is 0 Å². The molecule has 0 aliphatic carbocycles. The van der Waals surface area contributed by atoms with E-state index in [4.69, 9.17) is 4.99 Å². The van der Waals surface area contributed by atoms with Crippen LogP contribution in [0.5, 0.6) is 0 Å². The normalized spacial score (nSPS) is 18.7. The number of rotatable bonds is 8. The molecule has 0 bridgehead atoms. The summed E-state index contributed by atoms with van der Waals surface area (Å²) < 4.78 is 0. The zero-order chi connectivity index (χ0) is 27.5. The number of H-pyrrole nitrogens is 1. The van der Waals surface area contributed by atoms with Crippen LogP contribution in [0.1, 0.15) is 35.8 Å². The van der Waals surface area contributed by atoms with Crippen molar-refractivity contribution in [2.24, 2.45) is 4.99 Å². The highest BCUT2D eigenvalue weighted by Crippen LogP contribution is 2.28. The van der Waals surface area contributed by atoms with Crippen molar-refractivity contribution in [2.75, 3.05) is 27.2 Å². The SMILES string of the molecule is CN(C)Cc1ncc(-c2ccc(-c3ccc(C4CN=C(C5CCCN5C(=O)Cc5ccccc5)N4)cc3)cc2)[nH]1. The molecule has 2 aliphatic heterocycles. The molecule has 4 aromatic rings. The topological polar surface area (TPSA) is 76.6 Å². The van der Waals surface area contributed by atoms with Crippen molar-refractivity contribution in [2.45, 2.75) is 37.9 Å². The Hall–Kier alpha value is -4.23. The van der Waals surface area contributed by atoms with Crippen LogP contribution in [-0.2, 0) is 17.8 Å². The molecule has 3 aromatic carbocycles. The van der Waals surface area contributed by atoms with Gasteiger partial charge in [-0.25, -0.2) is 4.98 Å². The first-order valence-electron chi connectivity index (χ1n) is 14.1. The predicted molar refractivity (Wildman–Crippen MR) is 160 cm³/mol. The summed E-state index contributed by atoms with van der Waals surface area (Å²) in [6, 6.07) is 27.5. The minimum atomic E-state index is 0.0489. The van der Waals surface area contributed by atoms with Crippen LogP contribution < -0.4 is 5.32 Å². The van der Waals surface area contributed by atoms with E-state index in [-0.39, 0.29) is 18.0 Å². The van der Waals surface area contributed by atoms with Crippen LogP contribution in [-0.4, -0.2) is 64.7 Å². The van der Waals surface area contributed by atoms with Gasteiger partial charge < -0.3 is 20.1 Å². The number of amidine groups is 1. The highest BCUT2D eigenvalue weighted by Gasteiger charge is 2.35. The van der Waals surface area contributed by atoms with Gasteiger partial charge in [0.05, 0.1) is 43.5 Å². The number of nitrogens with zero attached hydrogens (tertiary/aromatic N) is 4. The molecule has 0 spiro atoms. The van der Waals surface area contributed by atoms with Crippen molar-refractivity contribution in [3.63, 3.8) is 0 Å². The van der Waals surface area contributed by atoms with E-state index < -0.39 is 0 Å². The van der Waals surface area contributed by atoms with Crippen molar-refractivity contribution >= 4 is 11.7 Å². The number of nitrogens with one attached hydrogen (secondary N) is 2. The number of aromatic nitrogens is 2. The number of benzene rings is 3. The Bertz CT molecular complexity index is 1470. The monoisotopic (exact) mass is 532 g/mol. The lowest BCUT2D eigenvalue weighted by Gasteiger charge is -2.26. The maximum atomic E-state index is 13.1. The largest absolute Gasteiger partial charge is 0.363 e. The summed E-state index contributed by atoms with van der Waals surface area (Å²) in [6.45, 7) is 2.28. The van der Waals surface area contributed by atoms with Crippen LogP contribution in [0.15, 0.2) is 90.1 Å². The average Bonchev–Trinajstić information content (AvgIpc) is 3.75. The van der Waals surface area contributed by atoms with E-state index in [1.165, 1.54) is 16.7 Å². The second-order valence-corrected chi connectivity index (χ2v) is 11.0. The van der Waals surface area contributed by atoms with Gasteiger partial charge in [-0.05, 0) is 54.8 Å². The maximum absolute atomic E-state index is 13.1. The Labute approximate surface area is 236 Å². The fourth-order valence-corrected chi connectivity index (χ4v) is 5.71. The zero-order valence-electron chi connectivity index (χ0n) is 23.2. The third-order valence-electron chi connectivity index (χ3n) is 7.79. The van der Waals surface area contributed by atoms with E-state index in [0.717, 1.165) is 54.4 Å². The Morgan fingerprint density at radius 1 is 0.950 bits per heavy atom. The third-order valence-corrected chi connectivity index (χ3v) is 7.79. The molecule has 0 saturated carbocycles. The van der Waals surface area contributed by atoms with Gasteiger partial charge in [-0.15, -0.1) is 0 Å². The summed E-state index contributed by atoms with van der Waals surface area (Å²) in [6.07, 6.45) is 4.32. The summed E-state index contributed by atoms with van der Waals surface area (Å²) in [5.74, 6) is 2.10. The smallest absolute Gasteiger partial charge is 0.227 e. The number of carbonyl (C=O) groups is 1. The van der Waals surface area contributed by atoms with Crippen molar-refractivity contribution in [1.29, 1.82) is 0 Å². The van der Waals surface area contributed by atoms with Crippen molar-refractivity contribution in [1.82, 2.24) is 25.1 Å². The van der Waals surface area contributed by atoms with E-state index in [0.29, 0.717) is 13.0 Å². The molecule has 204 valence electrons. The van der Waals surface area contributed by atoms with Crippen molar-refractivity contribution in [3.8, 4) is 22.4 Å². The lowest BCUT2D eigenvalue weighted by Crippen LogP contribution is -2.45. The standard InChI is InChI=1S/C33H36N6O/c1-38(2)22-31-34-20-28(36-31)26-14-10-24(11-15-26)25-12-16-27(17-13-25)29-21-35-33(37-29)30-9-6-18-39(30)32(40)19-23-7-4-3-5-8-23/h3-5,7-8,10-17,20,29-30H,6,9,18-19,21-22H2,1-2H3,(H,34,36)(H,35,37). The van der Waals surface area contributed by atoms with Crippen LogP contribution in [0.3, 0.4) is 0 Å². The zero-order valence-corrected chi connectivity index (χ0v) is 23.2. The number of aliphatic imine (C=N–C) groups is 1. The van der Waals surface area contributed by atoms with Crippen molar-refractivity contribution < 1.29 is 4.79 Å². The fraction of sp³-hybridized carbons (Fsp3) is 0.303.